The molecule has 2 rings (SSSR count). The van der Waals surface area contributed by atoms with Gasteiger partial charge in [0.25, 0.3) is 0 Å². The Hall–Kier alpha value is -1.94. The minimum atomic E-state index is -0.620. The van der Waals surface area contributed by atoms with Crippen molar-refractivity contribution in [1.29, 1.82) is 0 Å². The number of hydrogen-bond donors (Lipinski definition) is 1. The topological polar surface area (TPSA) is 21.3 Å². The Labute approximate surface area is 117 Å². The quantitative estimate of drug-likeness (QED) is 0.898. The number of hydrogen-bond acceptors (Lipinski definition) is 2. The average molecular weight is 277 g/mol. The highest BCUT2D eigenvalue weighted by atomic mass is 19.1. The van der Waals surface area contributed by atoms with Gasteiger partial charge >= 0.3 is 0 Å². The van der Waals surface area contributed by atoms with Gasteiger partial charge in [-0.1, -0.05) is 31.2 Å². The Bertz CT molecular complexity index is 576. The summed E-state index contributed by atoms with van der Waals surface area (Å²) in [6, 6.07) is 9.61. The molecule has 0 saturated heterocycles. The molecule has 2 aromatic rings. The van der Waals surface area contributed by atoms with E-state index in [-0.39, 0.29) is 11.3 Å². The highest BCUT2D eigenvalue weighted by Gasteiger charge is 2.16. The number of methoxy groups -OCH3 is 1. The molecule has 20 heavy (non-hydrogen) atoms. The number of halogens is 2. The lowest BCUT2D eigenvalue weighted by Gasteiger charge is -2.12. The zero-order valence-electron chi connectivity index (χ0n) is 11.5. The molecular formula is C16H17F2NO. The molecule has 0 aliphatic carbocycles. The summed E-state index contributed by atoms with van der Waals surface area (Å²) in [6.07, 6.45) is 0. The van der Waals surface area contributed by atoms with Crippen LogP contribution in [-0.4, -0.2) is 13.7 Å². The van der Waals surface area contributed by atoms with Crippen LogP contribution < -0.4 is 10.1 Å². The molecule has 0 aliphatic rings. The van der Waals surface area contributed by atoms with Crippen molar-refractivity contribution in [1.82, 2.24) is 5.32 Å². The van der Waals surface area contributed by atoms with E-state index in [1.54, 1.807) is 12.1 Å². The molecule has 4 heteroatoms. The van der Waals surface area contributed by atoms with E-state index in [0.717, 1.165) is 12.1 Å². The Balaban J connectivity index is 2.51. The van der Waals surface area contributed by atoms with Crippen LogP contribution in [0.15, 0.2) is 36.4 Å². The monoisotopic (exact) mass is 277 g/mol. The predicted molar refractivity (Wildman–Crippen MR) is 75.7 cm³/mol. The minimum Gasteiger partial charge on any atom is -0.497 e. The molecule has 0 unspecified atom stereocenters. The van der Waals surface area contributed by atoms with Crippen LogP contribution in [0.4, 0.5) is 8.78 Å². The predicted octanol–water partition coefficient (Wildman–Crippen LogP) is 3.75. The number of ether oxygens (including phenoxy) is 1. The van der Waals surface area contributed by atoms with Gasteiger partial charge in [-0.2, -0.15) is 0 Å². The first-order valence-corrected chi connectivity index (χ1v) is 6.49. The van der Waals surface area contributed by atoms with Gasteiger partial charge in [0.2, 0.25) is 0 Å². The molecular weight excluding hydrogens is 260 g/mol. The fraction of sp³-hybridized carbons (Fsp3) is 0.250. The van der Waals surface area contributed by atoms with E-state index in [4.69, 9.17) is 4.74 Å². The van der Waals surface area contributed by atoms with Crippen LogP contribution in [0.1, 0.15) is 12.5 Å². The van der Waals surface area contributed by atoms with Crippen molar-refractivity contribution in [2.75, 3.05) is 13.7 Å². The molecule has 0 spiro atoms. The van der Waals surface area contributed by atoms with Crippen LogP contribution in [0.2, 0.25) is 0 Å². The molecule has 2 nitrogen and oxygen atoms in total. The summed E-state index contributed by atoms with van der Waals surface area (Å²) in [5.74, 6) is -1.07. The first-order valence-electron chi connectivity index (χ1n) is 6.49. The van der Waals surface area contributed by atoms with Crippen molar-refractivity contribution in [2.45, 2.75) is 13.5 Å². The normalized spacial score (nSPS) is 10.6. The van der Waals surface area contributed by atoms with Crippen molar-refractivity contribution >= 4 is 0 Å². The molecule has 0 amide bonds. The van der Waals surface area contributed by atoms with Gasteiger partial charge in [0.1, 0.15) is 17.4 Å². The van der Waals surface area contributed by atoms with Gasteiger partial charge in [0, 0.05) is 18.7 Å². The molecule has 0 bridgehead atoms. The molecule has 0 aromatic heterocycles. The third-order valence-corrected chi connectivity index (χ3v) is 3.10. The third-order valence-electron chi connectivity index (χ3n) is 3.10. The largest absolute Gasteiger partial charge is 0.497 e. The first-order chi connectivity index (χ1) is 9.67. The highest BCUT2D eigenvalue weighted by Crippen LogP contribution is 2.31. The van der Waals surface area contributed by atoms with E-state index < -0.39 is 11.6 Å². The standard InChI is InChI=1S/C16H17F2NO/c1-3-19-10-11-6-4-5-7-13(11)16-14(17)8-12(20-2)9-15(16)18/h4-9,19H,3,10H2,1-2H3. The van der Waals surface area contributed by atoms with Crippen LogP contribution in [0, 0.1) is 11.6 Å². The van der Waals surface area contributed by atoms with Gasteiger partial charge in [0.05, 0.1) is 12.7 Å². The Morgan fingerprint density at radius 1 is 1.10 bits per heavy atom. The molecule has 106 valence electrons. The van der Waals surface area contributed by atoms with Crippen molar-refractivity contribution < 1.29 is 13.5 Å². The zero-order valence-corrected chi connectivity index (χ0v) is 11.5. The summed E-state index contributed by atoms with van der Waals surface area (Å²) in [7, 11) is 1.38. The van der Waals surface area contributed by atoms with Crippen LogP contribution >= 0.6 is 0 Å². The number of benzene rings is 2. The highest BCUT2D eigenvalue weighted by molar-refractivity contribution is 5.69. The van der Waals surface area contributed by atoms with Gasteiger partial charge in [-0.15, -0.1) is 0 Å². The fourth-order valence-electron chi connectivity index (χ4n) is 2.10. The number of nitrogens with one attached hydrogen (secondary N) is 1. The Morgan fingerprint density at radius 2 is 1.75 bits per heavy atom. The van der Waals surface area contributed by atoms with E-state index >= 15 is 0 Å². The summed E-state index contributed by atoms with van der Waals surface area (Å²) in [4.78, 5) is 0. The molecule has 2 aromatic carbocycles. The molecule has 0 aliphatic heterocycles. The Morgan fingerprint density at radius 3 is 2.35 bits per heavy atom. The van der Waals surface area contributed by atoms with Gasteiger partial charge < -0.3 is 10.1 Å². The summed E-state index contributed by atoms with van der Waals surface area (Å²) >= 11 is 0. The van der Waals surface area contributed by atoms with E-state index in [9.17, 15) is 8.78 Å². The van der Waals surface area contributed by atoms with Gasteiger partial charge in [-0.25, -0.2) is 8.78 Å². The fourth-order valence-corrected chi connectivity index (χ4v) is 2.10. The van der Waals surface area contributed by atoms with Crippen molar-refractivity contribution in [3.63, 3.8) is 0 Å². The summed E-state index contributed by atoms with van der Waals surface area (Å²) in [5.41, 5.74) is 1.41. The van der Waals surface area contributed by atoms with Crippen molar-refractivity contribution in [3.05, 3.63) is 53.6 Å². The van der Waals surface area contributed by atoms with Gasteiger partial charge in [-0.3, -0.25) is 0 Å². The molecule has 0 fully saturated rings. The minimum absolute atomic E-state index is 0.0145. The van der Waals surface area contributed by atoms with Crippen molar-refractivity contribution in [3.8, 4) is 16.9 Å². The SMILES string of the molecule is CCNCc1ccccc1-c1c(F)cc(OC)cc1F. The second-order valence-corrected chi connectivity index (χ2v) is 4.40. The lowest BCUT2D eigenvalue weighted by atomic mass is 9.98. The lowest BCUT2D eigenvalue weighted by Crippen LogP contribution is -2.12. The summed E-state index contributed by atoms with van der Waals surface area (Å²) in [5, 5.41) is 3.17. The summed E-state index contributed by atoms with van der Waals surface area (Å²) < 4.78 is 33.2. The maximum atomic E-state index is 14.1. The van der Waals surface area contributed by atoms with Gasteiger partial charge in [0.15, 0.2) is 0 Å². The van der Waals surface area contributed by atoms with Crippen LogP contribution in [0.25, 0.3) is 11.1 Å². The zero-order chi connectivity index (χ0) is 14.5. The van der Waals surface area contributed by atoms with Crippen LogP contribution in [0.3, 0.4) is 0 Å². The second-order valence-electron chi connectivity index (χ2n) is 4.40. The third kappa shape index (κ3) is 2.96. The number of rotatable bonds is 5. The lowest BCUT2D eigenvalue weighted by molar-refractivity contribution is 0.407. The van der Waals surface area contributed by atoms with E-state index in [1.807, 2.05) is 19.1 Å². The average Bonchev–Trinajstić information content (AvgIpc) is 2.45. The van der Waals surface area contributed by atoms with Crippen LogP contribution in [-0.2, 0) is 6.54 Å². The summed E-state index contributed by atoms with van der Waals surface area (Å²) in [6.45, 7) is 3.34. The molecule has 0 heterocycles. The molecule has 0 saturated carbocycles. The van der Waals surface area contributed by atoms with E-state index in [1.165, 1.54) is 19.2 Å². The second kappa shape index (κ2) is 6.48. The smallest absolute Gasteiger partial charge is 0.137 e. The van der Waals surface area contributed by atoms with Gasteiger partial charge in [-0.05, 0) is 17.7 Å². The molecule has 0 radical (unpaired) electrons. The van der Waals surface area contributed by atoms with Crippen LogP contribution in [0.5, 0.6) is 5.75 Å². The van der Waals surface area contributed by atoms with E-state index in [0.29, 0.717) is 12.1 Å². The first kappa shape index (κ1) is 14.5. The van der Waals surface area contributed by atoms with E-state index in [2.05, 4.69) is 5.32 Å². The maximum absolute atomic E-state index is 14.1. The Kier molecular flexibility index (Phi) is 4.69. The van der Waals surface area contributed by atoms with Crippen molar-refractivity contribution in [2.24, 2.45) is 0 Å². The molecule has 1 N–H and O–H groups in total. The maximum Gasteiger partial charge on any atom is 0.137 e. The molecule has 0 atom stereocenters.